The van der Waals surface area contributed by atoms with Gasteiger partial charge in [-0.2, -0.15) is 0 Å². The predicted octanol–water partition coefficient (Wildman–Crippen LogP) is 6.61. The molecular formula is C21H33BrClNO3. The monoisotopic (exact) mass is 461 g/mol. The van der Waals surface area contributed by atoms with Gasteiger partial charge >= 0.3 is 6.09 Å². The number of amides is 1. The van der Waals surface area contributed by atoms with Crippen molar-refractivity contribution in [2.75, 3.05) is 13.2 Å². The number of hydrogen-bond donors (Lipinski definition) is 1. The average molecular weight is 463 g/mol. The van der Waals surface area contributed by atoms with Crippen LogP contribution >= 0.6 is 27.5 Å². The van der Waals surface area contributed by atoms with E-state index in [0.717, 1.165) is 40.7 Å². The Labute approximate surface area is 177 Å². The number of alkyl carbamates (subject to hydrolysis) is 1. The molecule has 4 nitrogen and oxygen atoms in total. The molecule has 1 aliphatic rings. The molecule has 1 aliphatic carbocycles. The van der Waals surface area contributed by atoms with Crippen molar-refractivity contribution < 1.29 is 14.3 Å². The lowest BCUT2D eigenvalue weighted by molar-refractivity contribution is -0.0643. The Morgan fingerprint density at radius 1 is 1.33 bits per heavy atom. The highest BCUT2D eigenvalue weighted by atomic mass is 79.9. The number of ether oxygens (including phenoxy) is 2. The summed E-state index contributed by atoms with van der Waals surface area (Å²) in [7, 11) is 0. The summed E-state index contributed by atoms with van der Waals surface area (Å²) in [5.74, 6) is 0. The van der Waals surface area contributed by atoms with Crippen LogP contribution in [-0.2, 0) is 21.5 Å². The average Bonchev–Trinajstić information content (AvgIpc) is 2.58. The summed E-state index contributed by atoms with van der Waals surface area (Å²) in [6.45, 7) is 12.5. The molecule has 2 rings (SSSR count). The van der Waals surface area contributed by atoms with Gasteiger partial charge in [-0.05, 0) is 64.2 Å². The van der Waals surface area contributed by atoms with Crippen molar-refractivity contribution in [3.05, 3.63) is 32.8 Å². The molecule has 0 bridgehead atoms. The lowest BCUT2D eigenvalue weighted by atomic mass is 9.77. The van der Waals surface area contributed by atoms with Crippen LogP contribution < -0.4 is 5.32 Å². The quantitative estimate of drug-likeness (QED) is 0.501. The van der Waals surface area contributed by atoms with Crippen LogP contribution in [-0.4, -0.2) is 24.8 Å². The fraction of sp³-hybridized carbons (Fsp3) is 0.667. The standard InChI is InChI=1S/C19H27BrClNO3.C2H6/c1-5-19(24-10-9-22-17(23)25-18(2,3)4)8-6-7-13-11-14(20)12-15(21)16(13)19;1-2/h11-12H,5-10H2,1-4H3,(H,22,23);1-2H3. The lowest BCUT2D eigenvalue weighted by Gasteiger charge is -2.39. The molecule has 0 fully saturated rings. The summed E-state index contributed by atoms with van der Waals surface area (Å²) in [5.41, 5.74) is 1.45. The van der Waals surface area contributed by atoms with E-state index in [0.29, 0.717) is 13.2 Å². The zero-order valence-electron chi connectivity index (χ0n) is 17.4. The second-order valence-corrected chi connectivity index (χ2v) is 8.72. The molecule has 0 aromatic heterocycles. The van der Waals surface area contributed by atoms with Crippen molar-refractivity contribution in [1.82, 2.24) is 5.32 Å². The minimum absolute atomic E-state index is 0.388. The zero-order valence-corrected chi connectivity index (χ0v) is 19.7. The minimum Gasteiger partial charge on any atom is -0.444 e. The van der Waals surface area contributed by atoms with E-state index < -0.39 is 11.7 Å². The Kier molecular flexibility index (Phi) is 9.59. The second kappa shape index (κ2) is 10.7. The molecule has 0 radical (unpaired) electrons. The van der Waals surface area contributed by atoms with Crippen molar-refractivity contribution in [2.45, 2.75) is 78.4 Å². The molecule has 1 amide bonds. The Balaban J connectivity index is 0.00000176. The number of nitrogens with one attached hydrogen (secondary N) is 1. The Morgan fingerprint density at radius 3 is 2.59 bits per heavy atom. The number of rotatable bonds is 5. The van der Waals surface area contributed by atoms with Gasteiger partial charge in [0.15, 0.2) is 0 Å². The highest BCUT2D eigenvalue weighted by Gasteiger charge is 2.38. The van der Waals surface area contributed by atoms with Crippen molar-refractivity contribution in [2.24, 2.45) is 0 Å². The molecule has 0 saturated heterocycles. The third-order valence-electron chi connectivity index (χ3n) is 4.34. The fourth-order valence-corrected chi connectivity index (χ4v) is 4.39. The molecule has 1 aromatic rings. The van der Waals surface area contributed by atoms with Gasteiger partial charge in [-0.15, -0.1) is 0 Å². The Bertz CT molecular complexity index is 631. The molecule has 154 valence electrons. The highest BCUT2D eigenvalue weighted by molar-refractivity contribution is 9.10. The fourth-order valence-electron chi connectivity index (χ4n) is 3.34. The maximum Gasteiger partial charge on any atom is 0.407 e. The second-order valence-electron chi connectivity index (χ2n) is 7.40. The van der Waals surface area contributed by atoms with E-state index in [4.69, 9.17) is 21.1 Å². The van der Waals surface area contributed by atoms with Gasteiger partial charge in [0.1, 0.15) is 5.60 Å². The number of hydrogen-bond acceptors (Lipinski definition) is 3. The first kappa shape index (κ1) is 24.3. The predicted molar refractivity (Wildman–Crippen MR) is 116 cm³/mol. The lowest BCUT2D eigenvalue weighted by Crippen LogP contribution is -2.38. The van der Waals surface area contributed by atoms with E-state index in [-0.39, 0.29) is 5.60 Å². The van der Waals surface area contributed by atoms with Crippen molar-refractivity contribution >= 4 is 33.6 Å². The van der Waals surface area contributed by atoms with Crippen molar-refractivity contribution in [3.63, 3.8) is 0 Å². The highest BCUT2D eigenvalue weighted by Crippen LogP contribution is 2.45. The summed E-state index contributed by atoms with van der Waals surface area (Å²) in [6.07, 6.45) is 3.42. The molecule has 6 heteroatoms. The van der Waals surface area contributed by atoms with E-state index in [2.05, 4.69) is 34.2 Å². The van der Waals surface area contributed by atoms with Crippen LogP contribution in [0.1, 0.15) is 71.9 Å². The van der Waals surface area contributed by atoms with Gasteiger partial charge in [-0.3, -0.25) is 0 Å². The van der Waals surface area contributed by atoms with E-state index in [1.807, 2.05) is 40.7 Å². The van der Waals surface area contributed by atoms with Crippen LogP contribution in [0.5, 0.6) is 0 Å². The summed E-state index contributed by atoms with van der Waals surface area (Å²) >= 11 is 10.1. The summed E-state index contributed by atoms with van der Waals surface area (Å²) in [6, 6.07) is 4.06. The molecule has 1 N–H and O–H groups in total. The third-order valence-corrected chi connectivity index (χ3v) is 5.09. The van der Waals surface area contributed by atoms with Crippen molar-refractivity contribution in [3.8, 4) is 0 Å². The normalized spacial score (nSPS) is 18.8. The van der Waals surface area contributed by atoms with Crippen LogP contribution in [0.15, 0.2) is 16.6 Å². The van der Waals surface area contributed by atoms with Gasteiger partial charge in [0.2, 0.25) is 0 Å². The summed E-state index contributed by atoms with van der Waals surface area (Å²) in [4.78, 5) is 11.7. The molecule has 1 atom stereocenters. The van der Waals surface area contributed by atoms with Gasteiger partial charge in [-0.1, -0.05) is 48.3 Å². The number of fused-ring (bicyclic) bond motifs is 1. The number of carbonyl (C=O) groups is 1. The Morgan fingerprint density at radius 2 is 2.00 bits per heavy atom. The van der Waals surface area contributed by atoms with E-state index >= 15 is 0 Å². The smallest absolute Gasteiger partial charge is 0.407 e. The van der Waals surface area contributed by atoms with E-state index in [1.165, 1.54) is 5.56 Å². The molecule has 27 heavy (non-hydrogen) atoms. The molecule has 1 aromatic carbocycles. The topological polar surface area (TPSA) is 47.6 Å². The molecule has 1 unspecified atom stereocenters. The van der Waals surface area contributed by atoms with Crippen molar-refractivity contribution in [1.29, 1.82) is 0 Å². The Hall–Kier alpha value is -0.780. The molecule has 0 aliphatic heterocycles. The maximum atomic E-state index is 11.7. The maximum absolute atomic E-state index is 11.7. The van der Waals surface area contributed by atoms with Gasteiger partial charge in [-0.25, -0.2) is 4.79 Å². The summed E-state index contributed by atoms with van der Waals surface area (Å²) in [5, 5.41) is 3.48. The first-order valence-electron chi connectivity index (χ1n) is 9.76. The molecule has 0 heterocycles. The van der Waals surface area contributed by atoms with Crippen LogP contribution in [0.3, 0.4) is 0 Å². The van der Waals surface area contributed by atoms with E-state index in [9.17, 15) is 4.79 Å². The minimum atomic E-state index is -0.501. The van der Waals surface area contributed by atoms with Crippen LogP contribution in [0.2, 0.25) is 5.02 Å². The first-order valence-corrected chi connectivity index (χ1v) is 10.9. The van der Waals surface area contributed by atoms with Gasteiger partial charge in [0.25, 0.3) is 0 Å². The number of halogens is 2. The molecule has 0 spiro atoms. The van der Waals surface area contributed by atoms with Gasteiger partial charge in [0.05, 0.1) is 12.2 Å². The van der Waals surface area contributed by atoms with Crippen LogP contribution in [0.4, 0.5) is 4.79 Å². The first-order chi connectivity index (χ1) is 12.7. The zero-order chi connectivity index (χ0) is 20.7. The van der Waals surface area contributed by atoms with Gasteiger partial charge in [0, 0.05) is 21.6 Å². The van der Waals surface area contributed by atoms with Gasteiger partial charge < -0.3 is 14.8 Å². The SMILES string of the molecule is CC.CCC1(OCCNC(=O)OC(C)(C)C)CCCc2cc(Br)cc(Cl)c21. The van der Waals surface area contributed by atoms with Crippen LogP contribution in [0.25, 0.3) is 0 Å². The molecule has 0 saturated carbocycles. The van der Waals surface area contributed by atoms with E-state index in [1.54, 1.807) is 0 Å². The summed E-state index contributed by atoms with van der Waals surface area (Å²) < 4.78 is 12.5. The number of benzene rings is 1. The van der Waals surface area contributed by atoms with Crippen LogP contribution in [0, 0.1) is 0 Å². The number of carbonyl (C=O) groups excluding carboxylic acids is 1. The largest absolute Gasteiger partial charge is 0.444 e. The molecular weight excluding hydrogens is 430 g/mol. The number of aryl methyl sites for hydroxylation is 1. The third kappa shape index (κ3) is 6.95.